The van der Waals surface area contributed by atoms with Crippen LogP contribution in [0.5, 0.6) is 11.5 Å². The molecule has 0 unspecified atom stereocenters. The van der Waals surface area contributed by atoms with Crippen LogP contribution in [0.15, 0.2) is 57.1 Å². The number of nitro benzene ring substituents is 1. The summed E-state index contributed by atoms with van der Waals surface area (Å²) in [6.45, 7) is 0. The smallest absolute Gasteiger partial charge is 0.345 e. The molecular weight excluding hydrogens is 446 g/mol. The van der Waals surface area contributed by atoms with E-state index in [4.69, 9.17) is 13.9 Å². The average molecular weight is 461 g/mol. The maximum Gasteiger partial charge on any atom is 0.345 e. The van der Waals surface area contributed by atoms with Gasteiger partial charge in [0.2, 0.25) is 0 Å². The Labute approximate surface area is 190 Å². The lowest BCUT2D eigenvalue weighted by Crippen LogP contribution is -2.03. The first-order valence-corrected chi connectivity index (χ1v) is 10.3. The molecule has 0 aliphatic carbocycles. The summed E-state index contributed by atoms with van der Waals surface area (Å²) < 4.78 is 16.0. The normalized spacial score (nSPS) is 11.2. The van der Waals surface area contributed by atoms with Crippen LogP contribution in [0.4, 0.5) is 5.69 Å². The zero-order valence-corrected chi connectivity index (χ0v) is 18.2. The van der Waals surface area contributed by atoms with Crippen molar-refractivity contribution in [2.75, 3.05) is 14.2 Å². The van der Waals surface area contributed by atoms with Gasteiger partial charge >= 0.3 is 5.63 Å². The highest BCUT2D eigenvalue weighted by molar-refractivity contribution is 7.11. The summed E-state index contributed by atoms with van der Waals surface area (Å²) in [5.41, 5.74) is 0.805. The molecule has 2 aromatic heterocycles. The van der Waals surface area contributed by atoms with Gasteiger partial charge in [-0.2, -0.15) is 5.26 Å². The van der Waals surface area contributed by atoms with Crippen LogP contribution in [0.2, 0.25) is 0 Å². The lowest BCUT2D eigenvalue weighted by atomic mass is 10.1. The van der Waals surface area contributed by atoms with Gasteiger partial charge in [-0.3, -0.25) is 10.1 Å². The maximum absolute atomic E-state index is 12.5. The van der Waals surface area contributed by atoms with E-state index in [1.807, 2.05) is 0 Å². The van der Waals surface area contributed by atoms with Gasteiger partial charge in [-0.15, -0.1) is 11.3 Å². The Kier molecular flexibility index (Phi) is 5.89. The van der Waals surface area contributed by atoms with Crippen molar-refractivity contribution in [1.29, 1.82) is 5.26 Å². The van der Waals surface area contributed by atoms with Gasteiger partial charge in [0, 0.05) is 28.5 Å². The number of nitro groups is 1. The molecular formula is C23H15N3O6S. The number of hydrogen-bond donors (Lipinski definition) is 0. The SMILES string of the molecule is COc1cccc(/C=C(\C#N)c2nc(-c3cc4cc([N+](=O)[O-])ccc4oc3=O)cs2)c1OC. The quantitative estimate of drug-likeness (QED) is 0.171. The fourth-order valence-electron chi connectivity index (χ4n) is 3.25. The van der Waals surface area contributed by atoms with Crippen LogP contribution in [0.1, 0.15) is 10.6 Å². The van der Waals surface area contributed by atoms with Crippen molar-refractivity contribution in [3.8, 4) is 28.8 Å². The third-order valence-corrected chi connectivity index (χ3v) is 5.67. The average Bonchev–Trinajstić information content (AvgIpc) is 3.31. The first kappa shape index (κ1) is 21.7. The van der Waals surface area contributed by atoms with Gasteiger partial charge in [0.25, 0.3) is 5.69 Å². The molecule has 0 bridgehead atoms. The summed E-state index contributed by atoms with van der Waals surface area (Å²) in [4.78, 5) is 27.5. The van der Waals surface area contributed by atoms with Crippen molar-refractivity contribution < 1.29 is 18.8 Å². The molecule has 0 saturated carbocycles. The van der Waals surface area contributed by atoms with Crippen molar-refractivity contribution >= 4 is 39.6 Å². The largest absolute Gasteiger partial charge is 0.493 e. The Morgan fingerprint density at radius 1 is 1.24 bits per heavy atom. The number of methoxy groups -OCH3 is 2. The molecule has 4 rings (SSSR count). The number of nitrogens with zero attached hydrogens (tertiary/aromatic N) is 3. The topological polar surface area (TPSA) is 128 Å². The van der Waals surface area contributed by atoms with E-state index < -0.39 is 10.5 Å². The van der Waals surface area contributed by atoms with E-state index in [0.29, 0.717) is 33.2 Å². The number of para-hydroxylation sites is 1. The van der Waals surface area contributed by atoms with Crippen molar-refractivity contribution in [1.82, 2.24) is 4.98 Å². The van der Waals surface area contributed by atoms with Crippen molar-refractivity contribution in [2.45, 2.75) is 0 Å². The van der Waals surface area contributed by atoms with Crippen LogP contribution < -0.4 is 15.1 Å². The summed E-state index contributed by atoms with van der Waals surface area (Å²) >= 11 is 1.18. The van der Waals surface area contributed by atoms with Crippen molar-refractivity contribution in [2.24, 2.45) is 0 Å². The summed E-state index contributed by atoms with van der Waals surface area (Å²) in [6, 6.07) is 12.9. The van der Waals surface area contributed by atoms with Gasteiger partial charge in [0.05, 0.1) is 36.0 Å². The Balaban J connectivity index is 1.77. The number of ether oxygens (including phenoxy) is 2. The molecule has 0 fully saturated rings. The summed E-state index contributed by atoms with van der Waals surface area (Å²) in [7, 11) is 3.03. The molecule has 9 nitrogen and oxygen atoms in total. The lowest BCUT2D eigenvalue weighted by Gasteiger charge is -2.10. The Morgan fingerprint density at radius 3 is 2.76 bits per heavy atom. The van der Waals surface area contributed by atoms with Crippen LogP contribution in [0.3, 0.4) is 0 Å². The highest BCUT2D eigenvalue weighted by Gasteiger charge is 2.16. The number of nitriles is 1. The molecule has 10 heteroatoms. The third kappa shape index (κ3) is 4.17. The minimum Gasteiger partial charge on any atom is -0.493 e. The van der Waals surface area contributed by atoms with Crippen molar-refractivity contribution in [3.05, 3.63) is 79.0 Å². The van der Waals surface area contributed by atoms with Crippen LogP contribution in [0, 0.1) is 21.4 Å². The molecule has 4 aromatic rings. The van der Waals surface area contributed by atoms with Crippen LogP contribution in [0.25, 0.3) is 33.9 Å². The van der Waals surface area contributed by atoms with Gasteiger partial charge in [-0.1, -0.05) is 12.1 Å². The molecule has 2 aromatic carbocycles. The first-order chi connectivity index (χ1) is 15.9. The van der Waals surface area contributed by atoms with Crippen LogP contribution >= 0.6 is 11.3 Å². The number of fused-ring (bicyclic) bond motifs is 1. The predicted octanol–water partition coefficient (Wildman–Crippen LogP) is 4.91. The molecule has 0 aliphatic rings. The number of aromatic nitrogens is 1. The molecule has 0 aliphatic heterocycles. The predicted molar refractivity (Wildman–Crippen MR) is 123 cm³/mol. The van der Waals surface area contributed by atoms with E-state index in [2.05, 4.69) is 11.1 Å². The lowest BCUT2D eigenvalue weighted by molar-refractivity contribution is -0.384. The number of rotatable bonds is 6. The maximum atomic E-state index is 12.5. The molecule has 0 atom stereocenters. The van der Waals surface area contributed by atoms with Gasteiger partial charge < -0.3 is 13.9 Å². The van der Waals surface area contributed by atoms with Gasteiger partial charge in [0.15, 0.2) is 11.5 Å². The van der Waals surface area contributed by atoms with Gasteiger partial charge in [-0.25, -0.2) is 9.78 Å². The summed E-state index contributed by atoms with van der Waals surface area (Å²) in [5.74, 6) is 0.993. The number of thiazole rings is 1. The van der Waals surface area contributed by atoms with Gasteiger partial charge in [-0.05, 0) is 24.3 Å². The van der Waals surface area contributed by atoms with E-state index in [1.54, 1.807) is 29.7 Å². The van der Waals surface area contributed by atoms with Crippen LogP contribution in [-0.4, -0.2) is 24.1 Å². The highest BCUT2D eigenvalue weighted by atomic mass is 32.1. The number of hydrogen-bond acceptors (Lipinski definition) is 9. The summed E-state index contributed by atoms with van der Waals surface area (Å²) in [6.07, 6.45) is 1.62. The second kappa shape index (κ2) is 8.94. The number of benzene rings is 2. The van der Waals surface area contributed by atoms with Gasteiger partial charge in [0.1, 0.15) is 16.7 Å². The van der Waals surface area contributed by atoms with E-state index in [1.165, 1.54) is 49.8 Å². The standard InChI is InChI=1S/C23H15N3O6S/c1-30-20-5-3-4-13(21(20)31-2)8-15(11-24)22-25-18(12-33-22)17-10-14-9-16(26(28)29)6-7-19(14)32-23(17)27/h3-10,12H,1-2H3/b15-8+. The molecule has 0 N–H and O–H groups in total. The Hall–Kier alpha value is -4.49. The fourth-order valence-corrected chi connectivity index (χ4v) is 4.03. The second-order valence-electron chi connectivity index (χ2n) is 6.72. The zero-order chi connectivity index (χ0) is 23.5. The van der Waals surface area contributed by atoms with E-state index in [-0.39, 0.29) is 22.4 Å². The zero-order valence-electron chi connectivity index (χ0n) is 17.4. The minimum atomic E-state index is -0.634. The fraction of sp³-hybridized carbons (Fsp3) is 0.0870. The molecule has 164 valence electrons. The molecule has 0 spiro atoms. The third-order valence-electron chi connectivity index (χ3n) is 4.79. The van der Waals surface area contributed by atoms with E-state index in [9.17, 15) is 20.2 Å². The molecule has 0 radical (unpaired) electrons. The molecule has 0 amide bonds. The number of non-ortho nitro benzene ring substituents is 1. The highest BCUT2D eigenvalue weighted by Crippen LogP contribution is 2.34. The van der Waals surface area contributed by atoms with Crippen LogP contribution in [-0.2, 0) is 0 Å². The van der Waals surface area contributed by atoms with E-state index in [0.717, 1.165) is 0 Å². The molecule has 0 saturated heterocycles. The van der Waals surface area contributed by atoms with Crippen molar-refractivity contribution in [3.63, 3.8) is 0 Å². The molecule has 2 heterocycles. The Morgan fingerprint density at radius 2 is 2.06 bits per heavy atom. The second-order valence-corrected chi connectivity index (χ2v) is 7.58. The minimum absolute atomic E-state index is 0.122. The van der Waals surface area contributed by atoms with E-state index >= 15 is 0 Å². The Bertz CT molecular complexity index is 1510. The number of allylic oxidation sites excluding steroid dienone is 1. The monoisotopic (exact) mass is 461 g/mol. The summed E-state index contributed by atoms with van der Waals surface area (Å²) in [5, 5.41) is 23.2. The molecule has 33 heavy (non-hydrogen) atoms. The first-order valence-electron chi connectivity index (χ1n) is 9.46.